The summed E-state index contributed by atoms with van der Waals surface area (Å²) in [5, 5.41) is -0.838. The number of carbonyl (C=O) groups excluding carboxylic acids is 4. The van der Waals surface area contributed by atoms with Gasteiger partial charge in [0.2, 0.25) is 5.78 Å². The van der Waals surface area contributed by atoms with Crippen LogP contribution in [0.15, 0.2) is 30.3 Å². The number of amides is 2. The highest BCUT2D eigenvalue weighted by Gasteiger charge is 2.46. The summed E-state index contributed by atoms with van der Waals surface area (Å²) in [7, 11) is 0. The highest BCUT2D eigenvalue weighted by atomic mass is 35.5. The van der Waals surface area contributed by atoms with Gasteiger partial charge in [-0.1, -0.05) is 76.7 Å². The third kappa shape index (κ3) is 3.69. The Labute approximate surface area is 191 Å². The van der Waals surface area contributed by atoms with Crippen LogP contribution in [0.1, 0.15) is 44.9 Å². The lowest BCUT2D eigenvalue weighted by Crippen LogP contribution is -2.45. The van der Waals surface area contributed by atoms with Gasteiger partial charge in [-0.05, 0) is 13.8 Å². The predicted molar refractivity (Wildman–Crippen MR) is 113 cm³/mol. The zero-order valence-electron chi connectivity index (χ0n) is 15.5. The van der Waals surface area contributed by atoms with Crippen LogP contribution in [-0.2, 0) is 9.53 Å². The van der Waals surface area contributed by atoms with Crippen molar-refractivity contribution < 1.29 is 23.9 Å². The maximum atomic E-state index is 12.8. The maximum absolute atomic E-state index is 12.8. The van der Waals surface area contributed by atoms with E-state index in [2.05, 4.69) is 0 Å². The Morgan fingerprint density at radius 1 is 0.833 bits per heavy atom. The molecule has 2 atom stereocenters. The van der Waals surface area contributed by atoms with Gasteiger partial charge in [0.05, 0.1) is 31.2 Å². The van der Waals surface area contributed by atoms with E-state index in [4.69, 9.17) is 51.1 Å². The SMILES string of the molecule is C[C@H](OC(=O)[C@@H](C)N1C(=O)c2c(Cl)c(Cl)c(Cl)c(Cl)c2C1=O)C(=O)c1ccccc1. The van der Waals surface area contributed by atoms with E-state index in [-0.39, 0.29) is 31.2 Å². The summed E-state index contributed by atoms with van der Waals surface area (Å²) < 4.78 is 5.19. The van der Waals surface area contributed by atoms with Crippen LogP contribution in [0.2, 0.25) is 20.1 Å². The molecule has 0 aliphatic carbocycles. The zero-order valence-corrected chi connectivity index (χ0v) is 18.6. The standard InChI is InChI=1S/C20H13Cl4NO5/c1-8(20(29)30-9(2)17(26)10-6-4-3-5-7-10)25-18(27)11-12(19(25)28)14(22)16(24)15(23)13(11)21/h3-9H,1-2H3/t8-,9+/m1/s1. The van der Waals surface area contributed by atoms with E-state index in [1.54, 1.807) is 30.3 Å². The lowest BCUT2D eigenvalue weighted by Gasteiger charge is -2.22. The number of hydrogen-bond donors (Lipinski definition) is 0. The average Bonchev–Trinajstić information content (AvgIpc) is 3.00. The van der Waals surface area contributed by atoms with Gasteiger partial charge >= 0.3 is 5.97 Å². The topological polar surface area (TPSA) is 80.8 Å². The number of esters is 1. The summed E-state index contributed by atoms with van der Waals surface area (Å²) in [4.78, 5) is 51.3. The van der Waals surface area contributed by atoms with Crippen molar-refractivity contribution >= 4 is 70.0 Å². The number of carbonyl (C=O) groups is 4. The highest BCUT2D eigenvalue weighted by molar-refractivity contribution is 6.55. The van der Waals surface area contributed by atoms with E-state index in [1.165, 1.54) is 13.8 Å². The molecule has 0 fully saturated rings. The fourth-order valence-corrected chi connectivity index (χ4v) is 4.00. The number of imide groups is 1. The van der Waals surface area contributed by atoms with Crippen LogP contribution in [-0.4, -0.2) is 40.6 Å². The molecule has 1 heterocycles. The normalized spacial score (nSPS) is 15.1. The molecule has 0 N–H and O–H groups in total. The van der Waals surface area contributed by atoms with Gasteiger partial charge in [-0.15, -0.1) is 0 Å². The summed E-state index contributed by atoms with van der Waals surface area (Å²) in [5.41, 5.74) is -0.128. The van der Waals surface area contributed by atoms with Crippen molar-refractivity contribution in [3.05, 3.63) is 67.1 Å². The zero-order chi connectivity index (χ0) is 22.3. The number of benzene rings is 2. The molecular weight excluding hydrogens is 476 g/mol. The Morgan fingerprint density at radius 3 is 1.77 bits per heavy atom. The van der Waals surface area contributed by atoms with E-state index in [9.17, 15) is 19.2 Å². The van der Waals surface area contributed by atoms with Gasteiger partial charge in [0.1, 0.15) is 6.04 Å². The Balaban J connectivity index is 1.84. The summed E-state index contributed by atoms with van der Waals surface area (Å²) in [6, 6.07) is 6.90. The quantitative estimate of drug-likeness (QED) is 0.192. The van der Waals surface area contributed by atoms with Crippen molar-refractivity contribution in [1.29, 1.82) is 0 Å². The number of halogens is 4. The van der Waals surface area contributed by atoms with Crippen molar-refractivity contribution in [3.8, 4) is 0 Å². The van der Waals surface area contributed by atoms with Gasteiger partial charge in [0.25, 0.3) is 11.8 Å². The van der Waals surface area contributed by atoms with E-state index in [0.717, 1.165) is 0 Å². The minimum atomic E-state index is -1.35. The van der Waals surface area contributed by atoms with Crippen molar-refractivity contribution in [2.75, 3.05) is 0 Å². The molecule has 1 aliphatic rings. The number of fused-ring (bicyclic) bond motifs is 1. The van der Waals surface area contributed by atoms with Crippen molar-refractivity contribution in [3.63, 3.8) is 0 Å². The molecule has 0 spiro atoms. The van der Waals surface area contributed by atoms with E-state index >= 15 is 0 Å². The Bertz CT molecular complexity index is 1040. The number of Topliss-reactive ketones (excluding diaryl/α,β-unsaturated/α-hetero) is 1. The fourth-order valence-electron chi connectivity index (χ4n) is 2.99. The lowest BCUT2D eigenvalue weighted by atomic mass is 10.1. The van der Waals surface area contributed by atoms with Crippen LogP contribution in [0.5, 0.6) is 0 Å². The molecule has 0 radical (unpaired) electrons. The number of rotatable bonds is 5. The molecule has 3 rings (SSSR count). The Kier molecular flexibility index (Phi) is 6.43. The van der Waals surface area contributed by atoms with E-state index in [0.29, 0.717) is 10.5 Å². The Morgan fingerprint density at radius 2 is 1.30 bits per heavy atom. The van der Waals surface area contributed by atoms with Crippen LogP contribution in [0.25, 0.3) is 0 Å². The molecule has 10 heteroatoms. The van der Waals surface area contributed by atoms with Crippen LogP contribution in [0.4, 0.5) is 0 Å². The predicted octanol–water partition coefficient (Wildman–Crippen LogP) is 5.10. The van der Waals surface area contributed by atoms with Gasteiger partial charge in [-0.25, -0.2) is 4.79 Å². The minimum Gasteiger partial charge on any atom is -0.453 e. The largest absolute Gasteiger partial charge is 0.453 e. The monoisotopic (exact) mass is 487 g/mol. The fraction of sp³-hybridized carbons (Fsp3) is 0.200. The first kappa shape index (κ1) is 22.6. The average molecular weight is 489 g/mol. The molecule has 30 heavy (non-hydrogen) atoms. The first-order chi connectivity index (χ1) is 14.1. The number of hydrogen-bond acceptors (Lipinski definition) is 5. The smallest absolute Gasteiger partial charge is 0.329 e. The van der Waals surface area contributed by atoms with Gasteiger partial charge < -0.3 is 4.74 Å². The molecular formula is C20H13Cl4NO5. The van der Waals surface area contributed by atoms with Gasteiger partial charge in [-0.2, -0.15) is 0 Å². The molecule has 0 saturated carbocycles. The highest BCUT2D eigenvalue weighted by Crippen LogP contribution is 2.45. The molecule has 0 saturated heterocycles. The second-order valence-electron chi connectivity index (χ2n) is 6.47. The first-order valence-electron chi connectivity index (χ1n) is 8.61. The molecule has 1 aliphatic heterocycles. The van der Waals surface area contributed by atoms with Crippen molar-refractivity contribution in [1.82, 2.24) is 4.90 Å². The molecule has 2 amide bonds. The molecule has 0 bridgehead atoms. The number of ether oxygens (including phenoxy) is 1. The maximum Gasteiger partial charge on any atom is 0.329 e. The summed E-state index contributed by atoms with van der Waals surface area (Å²) >= 11 is 24.1. The van der Waals surface area contributed by atoms with Crippen LogP contribution in [0.3, 0.4) is 0 Å². The molecule has 0 aromatic heterocycles. The molecule has 2 aromatic carbocycles. The van der Waals surface area contributed by atoms with Crippen LogP contribution >= 0.6 is 46.4 Å². The second kappa shape index (κ2) is 8.55. The number of ketones is 1. The lowest BCUT2D eigenvalue weighted by molar-refractivity contribution is -0.150. The van der Waals surface area contributed by atoms with Gasteiger partial charge in [-0.3, -0.25) is 19.3 Å². The second-order valence-corrected chi connectivity index (χ2v) is 7.98. The molecule has 2 aromatic rings. The number of nitrogens with zero attached hydrogens (tertiary/aromatic N) is 1. The van der Waals surface area contributed by atoms with E-state index < -0.39 is 35.7 Å². The third-order valence-corrected chi connectivity index (χ3v) is 6.38. The summed E-state index contributed by atoms with van der Waals surface area (Å²) in [6.07, 6.45) is -1.13. The summed E-state index contributed by atoms with van der Waals surface area (Å²) in [5.74, 6) is -3.12. The van der Waals surface area contributed by atoms with Crippen molar-refractivity contribution in [2.45, 2.75) is 26.0 Å². The van der Waals surface area contributed by atoms with Crippen LogP contribution in [0, 0.1) is 0 Å². The third-order valence-electron chi connectivity index (χ3n) is 4.58. The first-order valence-corrected chi connectivity index (χ1v) is 10.1. The van der Waals surface area contributed by atoms with Crippen LogP contribution < -0.4 is 0 Å². The van der Waals surface area contributed by atoms with E-state index in [1.807, 2.05) is 0 Å². The summed E-state index contributed by atoms with van der Waals surface area (Å²) in [6.45, 7) is 2.68. The van der Waals surface area contributed by atoms with Gasteiger partial charge in [0, 0.05) is 5.56 Å². The Hall–Kier alpha value is -2.12. The molecule has 156 valence electrons. The van der Waals surface area contributed by atoms with Gasteiger partial charge in [0.15, 0.2) is 6.10 Å². The molecule has 6 nitrogen and oxygen atoms in total. The van der Waals surface area contributed by atoms with Crippen molar-refractivity contribution in [2.24, 2.45) is 0 Å². The molecule has 0 unspecified atom stereocenters. The minimum absolute atomic E-state index is 0.178.